The second kappa shape index (κ2) is 14.8. The van der Waals surface area contributed by atoms with Crippen LogP contribution in [0.4, 0.5) is 0 Å². The van der Waals surface area contributed by atoms with Crippen LogP contribution in [0, 0.1) is 0 Å². The number of quaternary nitrogens is 1. The summed E-state index contributed by atoms with van der Waals surface area (Å²) < 4.78 is 0.903. The lowest BCUT2D eigenvalue weighted by Crippen LogP contribution is -3.00. The maximum absolute atomic E-state index is 3.77. The first-order chi connectivity index (χ1) is 6.24. The highest BCUT2D eigenvalue weighted by Gasteiger charge is 2.20. The zero-order chi connectivity index (χ0) is 10.2. The number of hydrogen-bond acceptors (Lipinski definition) is 1. The average Bonchev–Trinajstić information content (AvgIpc) is 2.06. The van der Waals surface area contributed by atoms with Gasteiger partial charge in [-0.05, 0) is 24.3 Å². The normalized spacial score (nSPS) is 8.50. The van der Waals surface area contributed by atoms with Crippen molar-refractivity contribution in [1.29, 1.82) is 0 Å². The Morgan fingerprint density at radius 1 is 0.688 bits per heavy atom. The fourth-order valence-electron chi connectivity index (χ4n) is 1.54. The lowest BCUT2D eigenvalue weighted by Gasteiger charge is -2.35. The Labute approximate surface area is 121 Å². The molecular weight excluding hydrogens is 332 g/mol. The molecule has 0 unspecified atom stereocenters. The molecule has 0 aromatic carbocycles. The Morgan fingerprint density at radius 2 is 0.875 bits per heavy atom. The highest BCUT2D eigenvalue weighted by atomic mass is 79.9. The number of halogens is 2. The zero-order valence-electron chi connectivity index (χ0n) is 9.91. The largest absolute Gasteiger partial charge is 1.00 e. The molecule has 0 saturated heterocycles. The van der Waals surface area contributed by atoms with E-state index in [0.29, 0.717) is 0 Å². The summed E-state index contributed by atoms with van der Waals surface area (Å²) in [6, 6.07) is 0. The molecule has 0 aromatic heterocycles. The van der Waals surface area contributed by atoms with Crippen molar-refractivity contribution in [3.63, 3.8) is 0 Å². The molecule has 0 aliphatic rings. The van der Waals surface area contributed by atoms with Gasteiger partial charge in [-0.3, -0.25) is 0 Å². The zero-order valence-corrected chi connectivity index (χ0v) is 13.2. The van der Waals surface area contributed by atoms with Crippen LogP contribution in [0.3, 0.4) is 0 Å². The number of hydrogen-bond donors (Lipinski definition) is 1. The lowest BCUT2D eigenvalue weighted by atomic mass is 10.3. The Kier molecular flexibility index (Phi) is 23.1. The van der Waals surface area contributed by atoms with E-state index in [0.717, 1.165) is 30.7 Å². The van der Waals surface area contributed by atoms with E-state index in [4.69, 9.17) is 0 Å². The van der Waals surface area contributed by atoms with Crippen molar-refractivity contribution >= 4 is 17.0 Å². The van der Waals surface area contributed by atoms with Gasteiger partial charge in [0, 0.05) is 0 Å². The minimum absolute atomic E-state index is 0. The second-order valence-electron chi connectivity index (χ2n) is 3.23. The van der Waals surface area contributed by atoms with Crippen molar-refractivity contribution in [1.82, 2.24) is 6.15 Å². The van der Waals surface area contributed by atoms with Gasteiger partial charge in [-0.2, -0.15) is 0 Å². The predicted octanol–water partition coefficient (Wildman–Crippen LogP) is 0.291. The molecule has 0 saturated carbocycles. The van der Waals surface area contributed by atoms with E-state index in [1.807, 2.05) is 24.3 Å². The fourth-order valence-corrected chi connectivity index (χ4v) is 1.54. The van der Waals surface area contributed by atoms with Gasteiger partial charge in [-0.1, -0.05) is 26.3 Å². The summed E-state index contributed by atoms with van der Waals surface area (Å²) in [4.78, 5) is 0. The third-order valence-corrected chi connectivity index (χ3v) is 2.07. The highest BCUT2D eigenvalue weighted by molar-refractivity contribution is 8.93. The summed E-state index contributed by atoms with van der Waals surface area (Å²) in [5, 5.41) is 0. The van der Waals surface area contributed by atoms with Crippen LogP contribution in [-0.2, 0) is 0 Å². The van der Waals surface area contributed by atoms with Gasteiger partial charge in [0.1, 0.15) is 0 Å². The highest BCUT2D eigenvalue weighted by Crippen LogP contribution is 2.07. The summed E-state index contributed by atoms with van der Waals surface area (Å²) in [5.41, 5.74) is 0. The molecule has 2 nitrogen and oxygen atoms in total. The van der Waals surface area contributed by atoms with Crippen molar-refractivity contribution < 1.29 is 21.5 Å². The summed E-state index contributed by atoms with van der Waals surface area (Å²) in [5.74, 6) is 0. The van der Waals surface area contributed by atoms with Crippen LogP contribution in [0.15, 0.2) is 50.6 Å². The topological polar surface area (TPSA) is 35.0 Å². The molecule has 0 aromatic rings. The molecular formula is C12H24Br2N2. The van der Waals surface area contributed by atoms with Gasteiger partial charge in [0.2, 0.25) is 0 Å². The van der Waals surface area contributed by atoms with E-state index in [2.05, 4.69) is 26.3 Å². The first kappa shape index (κ1) is 24.9. The van der Waals surface area contributed by atoms with Crippen molar-refractivity contribution in [2.24, 2.45) is 0 Å². The van der Waals surface area contributed by atoms with E-state index in [1.165, 1.54) is 0 Å². The van der Waals surface area contributed by atoms with Gasteiger partial charge in [-0.15, -0.1) is 17.0 Å². The van der Waals surface area contributed by atoms with Crippen LogP contribution >= 0.6 is 17.0 Å². The van der Waals surface area contributed by atoms with Crippen molar-refractivity contribution in [2.45, 2.75) is 0 Å². The summed E-state index contributed by atoms with van der Waals surface area (Å²) >= 11 is 0. The Hall–Kier alpha value is -0.160. The van der Waals surface area contributed by atoms with Gasteiger partial charge in [0.25, 0.3) is 0 Å². The fraction of sp³-hybridized carbons (Fsp3) is 0.333. The van der Waals surface area contributed by atoms with Crippen LogP contribution in [0.5, 0.6) is 0 Å². The third kappa shape index (κ3) is 9.09. The van der Waals surface area contributed by atoms with E-state index >= 15 is 0 Å². The van der Waals surface area contributed by atoms with Gasteiger partial charge < -0.3 is 27.6 Å². The SMILES string of the molecule is Br.C=CC[N+](CC=C)(CC=C)CC=C.N.[Br-]. The molecule has 0 aliphatic carbocycles. The van der Waals surface area contributed by atoms with Gasteiger partial charge in [0.15, 0.2) is 0 Å². The first-order valence-corrected chi connectivity index (χ1v) is 4.53. The number of rotatable bonds is 8. The Bertz CT molecular complexity index is 158. The Balaban J connectivity index is -0.000000240. The van der Waals surface area contributed by atoms with Crippen LogP contribution in [-0.4, -0.2) is 30.7 Å². The maximum Gasteiger partial charge on any atom is 0.0978 e. The summed E-state index contributed by atoms with van der Waals surface area (Å²) in [6.07, 6.45) is 7.76. The second-order valence-corrected chi connectivity index (χ2v) is 3.23. The molecule has 0 radical (unpaired) electrons. The van der Waals surface area contributed by atoms with E-state index < -0.39 is 0 Å². The van der Waals surface area contributed by atoms with Crippen LogP contribution in [0.2, 0.25) is 0 Å². The lowest BCUT2D eigenvalue weighted by molar-refractivity contribution is -0.906. The van der Waals surface area contributed by atoms with E-state index in [1.54, 1.807) is 0 Å². The number of nitrogens with zero attached hydrogens (tertiary/aromatic N) is 1. The maximum atomic E-state index is 3.77. The molecule has 16 heavy (non-hydrogen) atoms. The van der Waals surface area contributed by atoms with E-state index in [9.17, 15) is 0 Å². The molecule has 0 fully saturated rings. The standard InChI is InChI=1S/C12H20N.2BrH.H3N/c1-5-9-13(10-6-2,11-7-3)12-8-4;;;/h5-8H,1-4,9-12H2;2*1H;1H3/q+1;;;/p-1. The molecule has 4 heteroatoms. The van der Waals surface area contributed by atoms with E-state index in [-0.39, 0.29) is 40.1 Å². The summed E-state index contributed by atoms with van der Waals surface area (Å²) in [6.45, 7) is 18.8. The molecule has 0 amide bonds. The average molecular weight is 356 g/mol. The molecule has 0 aliphatic heterocycles. The minimum atomic E-state index is 0. The van der Waals surface area contributed by atoms with Crippen LogP contribution in [0.25, 0.3) is 0 Å². The van der Waals surface area contributed by atoms with Crippen molar-refractivity contribution in [3.05, 3.63) is 50.6 Å². The predicted molar refractivity (Wildman–Crippen MR) is 75.9 cm³/mol. The molecule has 96 valence electrons. The van der Waals surface area contributed by atoms with Gasteiger partial charge in [-0.25, -0.2) is 0 Å². The van der Waals surface area contributed by atoms with Crippen molar-refractivity contribution in [2.75, 3.05) is 26.2 Å². The quantitative estimate of drug-likeness (QED) is 0.493. The van der Waals surface area contributed by atoms with Gasteiger partial charge in [0.05, 0.1) is 26.2 Å². The molecule has 0 rings (SSSR count). The molecule has 0 heterocycles. The Morgan fingerprint density at radius 3 is 1.00 bits per heavy atom. The summed E-state index contributed by atoms with van der Waals surface area (Å²) in [7, 11) is 0. The van der Waals surface area contributed by atoms with Crippen LogP contribution < -0.4 is 23.1 Å². The molecule has 0 bridgehead atoms. The van der Waals surface area contributed by atoms with Gasteiger partial charge >= 0.3 is 0 Å². The monoisotopic (exact) mass is 354 g/mol. The van der Waals surface area contributed by atoms with Crippen LogP contribution in [0.1, 0.15) is 0 Å². The molecule has 3 N–H and O–H groups in total. The molecule has 0 spiro atoms. The smallest absolute Gasteiger partial charge is 0.0978 e. The third-order valence-electron chi connectivity index (χ3n) is 2.07. The molecule has 0 atom stereocenters. The van der Waals surface area contributed by atoms with Crippen molar-refractivity contribution in [3.8, 4) is 0 Å². The first-order valence-electron chi connectivity index (χ1n) is 4.53. The minimum Gasteiger partial charge on any atom is -1.00 e.